The number of benzene rings is 2. The highest BCUT2D eigenvalue weighted by Crippen LogP contribution is 2.36. The number of imidazole rings is 1. The highest BCUT2D eigenvalue weighted by molar-refractivity contribution is 5.92. The predicted molar refractivity (Wildman–Crippen MR) is 119 cm³/mol. The van der Waals surface area contributed by atoms with E-state index in [1.165, 1.54) is 18.5 Å². The molecule has 1 aliphatic rings. The summed E-state index contributed by atoms with van der Waals surface area (Å²) in [6.07, 6.45) is 3.99. The number of methoxy groups -OCH3 is 1. The van der Waals surface area contributed by atoms with Gasteiger partial charge in [0.25, 0.3) is 0 Å². The van der Waals surface area contributed by atoms with Crippen LogP contribution in [-0.2, 0) is 17.6 Å². The number of rotatable bonds is 5. The van der Waals surface area contributed by atoms with Gasteiger partial charge < -0.3 is 9.47 Å². The molecule has 3 heterocycles. The molecule has 0 spiro atoms. The van der Waals surface area contributed by atoms with Gasteiger partial charge in [-0.15, -0.1) is 0 Å². The van der Waals surface area contributed by atoms with Crippen molar-refractivity contribution < 1.29 is 18.7 Å². The molecule has 0 saturated heterocycles. The first-order valence-corrected chi connectivity index (χ1v) is 10.6. The first-order chi connectivity index (χ1) is 16.1. The Kier molecular flexibility index (Phi) is 5.34. The van der Waals surface area contributed by atoms with Crippen molar-refractivity contribution in [1.82, 2.24) is 19.5 Å². The third-order valence-electron chi connectivity index (χ3n) is 5.66. The molecule has 4 aromatic rings. The fourth-order valence-corrected chi connectivity index (χ4v) is 4.16. The minimum atomic E-state index is -0.508. The van der Waals surface area contributed by atoms with E-state index in [2.05, 4.69) is 15.0 Å². The molecule has 0 aliphatic carbocycles. The number of nitrogens with zero attached hydrogens (tertiary/aromatic N) is 4. The Bertz CT molecular complexity index is 1350. The summed E-state index contributed by atoms with van der Waals surface area (Å²) >= 11 is 0. The summed E-state index contributed by atoms with van der Waals surface area (Å²) < 4.78 is 26.8. The maximum absolute atomic E-state index is 14.4. The van der Waals surface area contributed by atoms with Crippen molar-refractivity contribution in [3.05, 3.63) is 89.1 Å². The van der Waals surface area contributed by atoms with Crippen molar-refractivity contribution in [3.8, 4) is 22.7 Å². The first-order valence-electron chi connectivity index (χ1n) is 10.6. The SMILES string of the molecule is CCOC(=O)c1ncnc2c1Cc1cnc(Cc3ccc(OC)cc3)n1-c1cc(F)ccc1-2. The third kappa shape index (κ3) is 3.73. The van der Waals surface area contributed by atoms with E-state index < -0.39 is 5.97 Å². The number of aromatic nitrogens is 4. The largest absolute Gasteiger partial charge is 0.497 e. The number of carbonyl (C=O) groups excluding carboxylic acids is 1. The lowest BCUT2D eigenvalue weighted by Crippen LogP contribution is -2.12. The van der Waals surface area contributed by atoms with Crippen molar-refractivity contribution in [3.63, 3.8) is 0 Å². The highest BCUT2D eigenvalue weighted by atomic mass is 19.1. The minimum absolute atomic E-state index is 0.212. The Balaban J connectivity index is 1.67. The Morgan fingerprint density at radius 2 is 1.94 bits per heavy atom. The molecule has 33 heavy (non-hydrogen) atoms. The van der Waals surface area contributed by atoms with E-state index in [9.17, 15) is 9.18 Å². The number of hydrogen-bond acceptors (Lipinski definition) is 6. The van der Waals surface area contributed by atoms with Gasteiger partial charge in [0.05, 0.1) is 25.1 Å². The Morgan fingerprint density at radius 1 is 1.12 bits per heavy atom. The topological polar surface area (TPSA) is 79.1 Å². The lowest BCUT2D eigenvalue weighted by atomic mass is 10.0. The molecule has 1 aliphatic heterocycles. The zero-order valence-electron chi connectivity index (χ0n) is 18.2. The lowest BCUT2D eigenvalue weighted by Gasteiger charge is -2.14. The van der Waals surface area contributed by atoms with Crippen LogP contribution in [-0.4, -0.2) is 39.2 Å². The molecular formula is C25H21FN4O3. The van der Waals surface area contributed by atoms with Gasteiger partial charge in [0.1, 0.15) is 23.7 Å². The van der Waals surface area contributed by atoms with Gasteiger partial charge in [0, 0.05) is 35.9 Å². The van der Waals surface area contributed by atoms with Crippen LogP contribution < -0.4 is 4.74 Å². The maximum Gasteiger partial charge on any atom is 0.357 e. The average molecular weight is 444 g/mol. The second-order valence-corrected chi connectivity index (χ2v) is 7.63. The molecule has 5 rings (SSSR count). The minimum Gasteiger partial charge on any atom is -0.497 e. The molecule has 0 saturated carbocycles. The zero-order chi connectivity index (χ0) is 22.9. The van der Waals surface area contributed by atoms with Crippen LogP contribution in [0.3, 0.4) is 0 Å². The summed E-state index contributed by atoms with van der Waals surface area (Å²) in [5.74, 6) is 0.646. The molecule has 0 N–H and O–H groups in total. The van der Waals surface area contributed by atoms with Crippen LogP contribution in [0, 0.1) is 5.82 Å². The van der Waals surface area contributed by atoms with Crippen molar-refractivity contribution in [2.45, 2.75) is 19.8 Å². The van der Waals surface area contributed by atoms with Gasteiger partial charge in [-0.25, -0.2) is 24.1 Å². The molecule has 8 heteroatoms. The van der Waals surface area contributed by atoms with Crippen LogP contribution in [0.2, 0.25) is 0 Å². The summed E-state index contributed by atoms with van der Waals surface area (Å²) in [5.41, 5.74) is 4.61. The van der Waals surface area contributed by atoms with Crippen LogP contribution in [0.1, 0.15) is 40.1 Å². The third-order valence-corrected chi connectivity index (χ3v) is 5.66. The fraction of sp³-hybridized carbons (Fsp3) is 0.200. The van der Waals surface area contributed by atoms with Crippen LogP contribution in [0.15, 0.2) is 55.0 Å². The second-order valence-electron chi connectivity index (χ2n) is 7.63. The van der Waals surface area contributed by atoms with Gasteiger partial charge in [-0.1, -0.05) is 12.1 Å². The van der Waals surface area contributed by atoms with E-state index in [0.29, 0.717) is 35.3 Å². The van der Waals surface area contributed by atoms with Crippen molar-refractivity contribution >= 4 is 5.97 Å². The van der Waals surface area contributed by atoms with Crippen molar-refractivity contribution in [1.29, 1.82) is 0 Å². The molecule has 0 bridgehead atoms. The zero-order valence-corrected chi connectivity index (χ0v) is 18.2. The molecule has 2 aromatic carbocycles. The maximum atomic E-state index is 14.4. The van der Waals surface area contributed by atoms with Crippen LogP contribution >= 0.6 is 0 Å². The van der Waals surface area contributed by atoms with Crippen LogP contribution in [0.25, 0.3) is 16.9 Å². The Labute approximate surface area is 189 Å². The van der Waals surface area contributed by atoms with Gasteiger partial charge in [0.2, 0.25) is 0 Å². The lowest BCUT2D eigenvalue weighted by molar-refractivity contribution is 0.0518. The molecule has 0 atom stereocenters. The quantitative estimate of drug-likeness (QED) is 0.379. The standard InChI is InChI=1S/C25H21FN4O3/c1-3-33-25(31)24-20-12-17-13-27-22(10-15-4-7-18(32-2)8-5-15)30(17)21-11-16(26)6-9-19(21)23(20)28-14-29-24/h4-9,11,13-14H,3,10,12H2,1-2H3. The number of carbonyl (C=O) groups is 1. The monoisotopic (exact) mass is 444 g/mol. The van der Waals surface area contributed by atoms with Gasteiger partial charge >= 0.3 is 5.97 Å². The second kappa shape index (κ2) is 8.46. The molecular weight excluding hydrogens is 423 g/mol. The number of hydrogen-bond donors (Lipinski definition) is 0. The van der Waals surface area contributed by atoms with E-state index in [1.54, 1.807) is 26.3 Å². The molecule has 0 fully saturated rings. The summed E-state index contributed by atoms with van der Waals surface area (Å²) in [6, 6.07) is 12.3. The number of ether oxygens (including phenoxy) is 2. The van der Waals surface area contributed by atoms with Crippen molar-refractivity contribution in [2.24, 2.45) is 0 Å². The summed E-state index contributed by atoms with van der Waals surface area (Å²) in [6.45, 7) is 1.99. The highest BCUT2D eigenvalue weighted by Gasteiger charge is 2.28. The van der Waals surface area contributed by atoms with Gasteiger partial charge in [-0.3, -0.25) is 4.57 Å². The number of halogens is 1. The number of esters is 1. The van der Waals surface area contributed by atoms with Crippen molar-refractivity contribution in [2.75, 3.05) is 13.7 Å². The Morgan fingerprint density at radius 3 is 2.70 bits per heavy atom. The van der Waals surface area contributed by atoms with E-state index in [4.69, 9.17) is 9.47 Å². The van der Waals surface area contributed by atoms with E-state index >= 15 is 0 Å². The molecule has 0 unspecified atom stereocenters. The van der Waals surface area contributed by atoms with E-state index in [0.717, 1.165) is 22.8 Å². The summed E-state index contributed by atoms with van der Waals surface area (Å²) in [5, 5.41) is 0. The first kappa shape index (κ1) is 20.8. The summed E-state index contributed by atoms with van der Waals surface area (Å²) in [7, 11) is 1.63. The normalized spacial score (nSPS) is 11.7. The molecule has 0 radical (unpaired) electrons. The number of fused-ring (bicyclic) bond motifs is 5. The average Bonchev–Trinajstić information content (AvgIpc) is 3.15. The van der Waals surface area contributed by atoms with Gasteiger partial charge in [-0.2, -0.15) is 0 Å². The van der Waals surface area contributed by atoms with Crippen LogP contribution in [0.5, 0.6) is 5.75 Å². The van der Waals surface area contributed by atoms with E-state index in [-0.39, 0.29) is 18.1 Å². The van der Waals surface area contributed by atoms with Gasteiger partial charge in [0.15, 0.2) is 5.69 Å². The van der Waals surface area contributed by atoms with Gasteiger partial charge in [-0.05, 0) is 42.8 Å². The Hall–Kier alpha value is -4.07. The summed E-state index contributed by atoms with van der Waals surface area (Å²) in [4.78, 5) is 25.9. The van der Waals surface area contributed by atoms with E-state index in [1.807, 2.05) is 28.8 Å². The fourth-order valence-electron chi connectivity index (χ4n) is 4.16. The molecule has 0 amide bonds. The molecule has 2 aromatic heterocycles. The molecule has 7 nitrogen and oxygen atoms in total. The smallest absolute Gasteiger partial charge is 0.357 e. The molecule has 166 valence electrons. The predicted octanol–water partition coefficient (Wildman–Crippen LogP) is 4.15. The van der Waals surface area contributed by atoms with Crippen LogP contribution in [0.4, 0.5) is 4.39 Å².